The summed E-state index contributed by atoms with van der Waals surface area (Å²) < 4.78 is 0. The number of carbonyl (C=O) groups is 1. The Morgan fingerprint density at radius 3 is 2.95 bits per heavy atom. The summed E-state index contributed by atoms with van der Waals surface area (Å²) in [6.07, 6.45) is 1.91. The molecule has 0 radical (unpaired) electrons. The zero-order chi connectivity index (χ0) is 15.2. The number of amides is 1. The van der Waals surface area contributed by atoms with Gasteiger partial charge in [0.2, 0.25) is 0 Å². The van der Waals surface area contributed by atoms with Crippen LogP contribution in [-0.4, -0.2) is 27.6 Å². The van der Waals surface area contributed by atoms with Crippen LogP contribution in [0.3, 0.4) is 0 Å². The third-order valence-corrected chi connectivity index (χ3v) is 3.72. The van der Waals surface area contributed by atoms with Gasteiger partial charge in [0.15, 0.2) is 5.13 Å². The Kier molecular flexibility index (Phi) is 5.04. The number of anilines is 1. The molecule has 2 heterocycles. The minimum atomic E-state index is -0.336. The number of thiazole rings is 1. The van der Waals surface area contributed by atoms with Crippen LogP contribution >= 0.6 is 11.3 Å². The number of nitrogens with one attached hydrogen (secondary N) is 1. The zero-order valence-electron chi connectivity index (χ0n) is 11.8. The number of nitrogens with zero attached hydrogens (tertiary/aromatic N) is 2. The number of aromatic nitrogens is 2. The van der Waals surface area contributed by atoms with E-state index in [-0.39, 0.29) is 18.2 Å². The van der Waals surface area contributed by atoms with Gasteiger partial charge in [0.25, 0.3) is 5.91 Å². The van der Waals surface area contributed by atoms with Gasteiger partial charge in [-0.2, -0.15) is 0 Å². The highest BCUT2D eigenvalue weighted by Gasteiger charge is 2.14. The van der Waals surface area contributed by atoms with Gasteiger partial charge in [0.05, 0.1) is 17.9 Å². The van der Waals surface area contributed by atoms with Crippen molar-refractivity contribution in [2.75, 3.05) is 11.9 Å². The fourth-order valence-electron chi connectivity index (χ4n) is 1.58. The number of aryl methyl sites for hydroxylation is 2. The zero-order valence-corrected chi connectivity index (χ0v) is 12.6. The van der Waals surface area contributed by atoms with E-state index in [0.717, 1.165) is 10.6 Å². The quantitative estimate of drug-likeness (QED) is 0.852. The predicted octanol–water partition coefficient (Wildman–Crippen LogP) is 2.14. The first-order valence-electron chi connectivity index (χ1n) is 6.42. The Labute approximate surface area is 127 Å². The minimum absolute atomic E-state index is 0.00748. The lowest BCUT2D eigenvalue weighted by atomic mass is 10.2. The molecule has 2 rings (SSSR count). The van der Waals surface area contributed by atoms with Crippen LogP contribution in [0.4, 0.5) is 5.13 Å². The highest BCUT2D eigenvalue weighted by Crippen LogP contribution is 2.21. The molecule has 0 aromatic carbocycles. The number of hydrogen-bond acceptors (Lipinski definition) is 5. The molecular weight excluding hydrogens is 286 g/mol. The largest absolute Gasteiger partial charge is 0.395 e. The number of rotatable bonds is 3. The van der Waals surface area contributed by atoms with Crippen molar-refractivity contribution in [2.24, 2.45) is 0 Å². The molecule has 2 aromatic rings. The summed E-state index contributed by atoms with van der Waals surface area (Å²) in [5.74, 6) is 5.30. The lowest BCUT2D eigenvalue weighted by Gasteiger charge is -2.03. The Hall–Kier alpha value is -2.23. The molecule has 2 aromatic heterocycles. The Morgan fingerprint density at radius 2 is 2.29 bits per heavy atom. The normalized spacial score (nSPS) is 9.86. The molecule has 1 amide bonds. The molecule has 0 aliphatic rings. The van der Waals surface area contributed by atoms with Crippen molar-refractivity contribution in [2.45, 2.75) is 20.3 Å². The van der Waals surface area contributed by atoms with Gasteiger partial charge in [-0.25, -0.2) is 9.97 Å². The molecule has 0 aliphatic heterocycles. The van der Waals surface area contributed by atoms with E-state index < -0.39 is 0 Å². The first kappa shape index (κ1) is 15.2. The lowest BCUT2D eigenvalue weighted by molar-refractivity contribution is 0.102. The standard InChI is InChI=1S/C15H15N3O2S/c1-10-11(2)21-15(17-10)18-14(20)13-12(6-3-4-9-19)7-5-8-16-13/h5,7-8,19H,4,9H2,1-2H3,(H,17,18,20). The molecule has 6 heteroatoms. The highest BCUT2D eigenvalue weighted by molar-refractivity contribution is 7.15. The molecule has 0 bridgehead atoms. The maximum Gasteiger partial charge on any atom is 0.277 e. The lowest BCUT2D eigenvalue weighted by Crippen LogP contribution is -2.15. The van der Waals surface area contributed by atoms with Crippen molar-refractivity contribution in [3.05, 3.63) is 40.2 Å². The molecule has 108 valence electrons. The molecule has 0 saturated heterocycles. The molecule has 0 unspecified atom stereocenters. The molecule has 0 fully saturated rings. The minimum Gasteiger partial charge on any atom is -0.395 e. The molecular formula is C15H15N3O2S. The predicted molar refractivity (Wildman–Crippen MR) is 82.4 cm³/mol. The summed E-state index contributed by atoms with van der Waals surface area (Å²) in [6, 6.07) is 3.45. The van der Waals surface area contributed by atoms with Crippen LogP contribution in [0.5, 0.6) is 0 Å². The summed E-state index contributed by atoms with van der Waals surface area (Å²) >= 11 is 1.42. The van der Waals surface area contributed by atoms with E-state index in [1.807, 2.05) is 13.8 Å². The van der Waals surface area contributed by atoms with Crippen LogP contribution in [-0.2, 0) is 0 Å². The van der Waals surface area contributed by atoms with Crippen molar-refractivity contribution in [3.63, 3.8) is 0 Å². The van der Waals surface area contributed by atoms with Crippen LogP contribution in [0.2, 0.25) is 0 Å². The van der Waals surface area contributed by atoms with Crippen LogP contribution < -0.4 is 5.32 Å². The molecule has 21 heavy (non-hydrogen) atoms. The molecule has 0 aliphatic carbocycles. The summed E-state index contributed by atoms with van der Waals surface area (Å²) in [4.78, 5) is 21.7. The third kappa shape index (κ3) is 3.88. The van der Waals surface area contributed by atoms with Crippen molar-refractivity contribution in [3.8, 4) is 11.8 Å². The maximum atomic E-state index is 12.3. The Bertz CT molecular complexity index is 694. The number of pyridine rings is 1. The topological polar surface area (TPSA) is 75.1 Å². The molecule has 5 nitrogen and oxygen atoms in total. The van der Waals surface area contributed by atoms with Gasteiger partial charge in [0, 0.05) is 17.5 Å². The second kappa shape index (κ2) is 6.97. The monoisotopic (exact) mass is 301 g/mol. The van der Waals surface area contributed by atoms with E-state index in [9.17, 15) is 4.79 Å². The Morgan fingerprint density at radius 1 is 1.48 bits per heavy atom. The fraction of sp³-hybridized carbons (Fsp3) is 0.267. The third-order valence-electron chi connectivity index (χ3n) is 2.73. The average molecular weight is 301 g/mol. The van der Waals surface area contributed by atoms with E-state index in [1.54, 1.807) is 18.3 Å². The van der Waals surface area contributed by atoms with Gasteiger partial charge in [0.1, 0.15) is 5.69 Å². The van der Waals surface area contributed by atoms with Crippen LogP contribution in [0.25, 0.3) is 0 Å². The van der Waals surface area contributed by atoms with Crippen molar-refractivity contribution in [1.82, 2.24) is 9.97 Å². The first-order chi connectivity index (χ1) is 10.1. The average Bonchev–Trinajstić information content (AvgIpc) is 2.78. The van der Waals surface area contributed by atoms with Gasteiger partial charge in [-0.3, -0.25) is 10.1 Å². The summed E-state index contributed by atoms with van der Waals surface area (Å²) in [6.45, 7) is 3.84. The van der Waals surface area contributed by atoms with Gasteiger partial charge in [-0.05, 0) is 26.0 Å². The number of aliphatic hydroxyl groups is 1. The number of aliphatic hydroxyl groups excluding tert-OH is 1. The second-order valence-electron chi connectivity index (χ2n) is 4.29. The van der Waals surface area contributed by atoms with Gasteiger partial charge >= 0.3 is 0 Å². The summed E-state index contributed by atoms with van der Waals surface area (Å²) in [7, 11) is 0. The SMILES string of the molecule is Cc1nc(NC(=O)c2ncccc2C#CCCO)sc1C. The van der Waals surface area contributed by atoms with Crippen molar-refractivity contribution in [1.29, 1.82) is 0 Å². The Balaban J connectivity index is 2.21. The van der Waals surface area contributed by atoms with E-state index in [4.69, 9.17) is 5.11 Å². The van der Waals surface area contributed by atoms with Crippen molar-refractivity contribution >= 4 is 22.4 Å². The van der Waals surface area contributed by atoms with Crippen LogP contribution in [0.1, 0.15) is 33.0 Å². The van der Waals surface area contributed by atoms with Crippen LogP contribution in [0, 0.1) is 25.7 Å². The van der Waals surface area contributed by atoms with E-state index in [0.29, 0.717) is 17.1 Å². The molecule has 0 atom stereocenters. The molecule has 0 spiro atoms. The summed E-state index contributed by atoms with van der Waals surface area (Å²) in [5, 5.41) is 12.0. The maximum absolute atomic E-state index is 12.3. The smallest absolute Gasteiger partial charge is 0.277 e. The van der Waals surface area contributed by atoms with Gasteiger partial charge in [-0.1, -0.05) is 11.8 Å². The second-order valence-corrected chi connectivity index (χ2v) is 5.49. The fourth-order valence-corrected chi connectivity index (χ4v) is 2.39. The first-order valence-corrected chi connectivity index (χ1v) is 7.23. The van der Waals surface area contributed by atoms with Crippen molar-refractivity contribution < 1.29 is 9.90 Å². The van der Waals surface area contributed by atoms with Gasteiger partial charge < -0.3 is 5.11 Å². The summed E-state index contributed by atoms with van der Waals surface area (Å²) in [5.41, 5.74) is 1.70. The number of hydrogen-bond donors (Lipinski definition) is 2. The van der Waals surface area contributed by atoms with Crippen LogP contribution in [0.15, 0.2) is 18.3 Å². The number of carbonyl (C=O) groups excluding carboxylic acids is 1. The molecule has 2 N–H and O–H groups in total. The van der Waals surface area contributed by atoms with E-state index in [2.05, 4.69) is 27.1 Å². The molecule has 0 saturated carbocycles. The highest BCUT2D eigenvalue weighted by atomic mass is 32.1. The van der Waals surface area contributed by atoms with E-state index in [1.165, 1.54) is 11.3 Å². The van der Waals surface area contributed by atoms with Gasteiger partial charge in [-0.15, -0.1) is 11.3 Å². The van der Waals surface area contributed by atoms with E-state index >= 15 is 0 Å².